The highest BCUT2D eigenvalue weighted by atomic mass is 32.2. The van der Waals surface area contributed by atoms with Gasteiger partial charge in [-0.2, -0.15) is 4.68 Å². The maximum atomic E-state index is 11.8. The van der Waals surface area contributed by atoms with Crippen molar-refractivity contribution in [3.8, 4) is 5.69 Å². The molecule has 5 rings (SSSR count). The van der Waals surface area contributed by atoms with E-state index in [4.69, 9.17) is 9.47 Å². The second-order valence-corrected chi connectivity index (χ2v) is 10.8. The highest BCUT2D eigenvalue weighted by Gasteiger charge is 2.38. The highest BCUT2D eigenvalue weighted by Crippen LogP contribution is 2.43. The van der Waals surface area contributed by atoms with Crippen LogP contribution in [0.1, 0.15) is 48.5 Å². The van der Waals surface area contributed by atoms with Gasteiger partial charge in [0.2, 0.25) is 5.16 Å². The second kappa shape index (κ2) is 13.7. The molecule has 0 bridgehead atoms. The normalized spacial score (nSPS) is 20.5. The van der Waals surface area contributed by atoms with E-state index in [9.17, 15) is 9.90 Å². The van der Waals surface area contributed by atoms with Gasteiger partial charge in [0.25, 0.3) is 0 Å². The number of hydrogen-bond donors (Lipinski definition) is 3. The molecular formula is C30H34N6O4S. The summed E-state index contributed by atoms with van der Waals surface area (Å²) in [5, 5.41) is 28.1. The van der Waals surface area contributed by atoms with Crippen LogP contribution >= 0.6 is 11.8 Å². The van der Waals surface area contributed by atoms with Gasteiger partial charge in [-0.05, 0) is 46.2 Å². The molecule has 214 valence electrons. The summed E-state index contributed by atoms with van der Waals surface area (Å²) in [6.07, 6.45) is -0.979. The number of carbonyl (C=O) groups is 1. The topological polar surface area (TPSA) is 123 Å². The number of ether oxygens (including phenoxy) is 2. The van der Waals surface area contributed by atoms with Crippen LogP contribution in [0.4, 0.5) is 4.79 Å². The van der Waals surface area contributed by atoms with Crippen LogP contribution in [0.2, 0.25) is 0 Å². The number of aliphatic hydroxyl groups is 1. The number of thioether (sulfide) groups is 1. The van der Waals surface area contributed by atoms with Crippen molar-refractivity contribution in [1.29, 1.82) is 0 Å². The van der Waals surface area contributed by atoms with E-state index < -0.39 is 6.29 Å². The number of para-hydroxylation sites is 1. The van der Waals surface area contributed by atoms with Crippen molar-refractivity contribution in [1.82, 2.24) is 30.8 Å². The summed E-state index contributed by atoms with van der Waals surface area (Å²) in [4.78, 5) is 11.8. The predicted molar refractivity (Wildman–Crippen MR) is 155 cm³/mol. The lowest BCUT2D eigenvalue weighted by Crippen LogP contribution is -2.38. The van der Waals surface area contributed by atoms with Crippen LogP contribution in [0.3, 0.4) is 0 Å². The lowest BCUT2D eigenvalue weighted by atomic mass is 9.91. The molecule has 3 N–H and O–H groups in total. The van der Waals surface area contributed by atoms with Gasteiger partial charge < -0.3 is 25.2 Å². The average Bonchev–Trinajstić information content (AvgIpc) is 3.49. The minimum Gasteiger partial charge on any atom is -0.392 e. The third-order valence-electron chi connectivity index (χ3n) is 6.98. The number of nitrogens with zero attached hydrogens (tertiary/aromatic N) is 4. The lowest BCUT2D eigenvalue weighted by molar-refractivity contribution is -0.268. The van der Waals surface area contributed by atoms with Gasteiger partial charge in [0, 0.05) is 30.3 Å². The van der Waals surface area contributed by atoms with Gasteiger partial charge in [0.1, 0.15) is 0 Å². The fourth-order valence-electron chi connectivity index (χ4n) is 4.66. The summed E-state index contributed by atoms with van der Waals surface area (Å²) >= 11 is 1.54. The summed E-state index contributed by atoms with van der Waals surface area (Å²) in [5.41, 5.74) is 4.62. The van der Waals surface area contributed by atoms with E-state index in [-0.39, 0.29) is 30.8 Å². The molecule has 2 amide bonds. The Balaban J connectivity index is 1.34. The van der Waals surface area contributed by atoms with Crippen molar-refractivity contribution in [2.45, 2.75) is 50.7 Å². The van der Waals surface area contributed by atoms with E-state index >= 15 is 0 Å². The molecule has 1 aromatic heterocycles. The minimum atomic E-state index is -0.588. The summed E-state index contributed by atoms with van der Waals surface area (Å²) in [5.74, 6) is 0.647. The number of rotatable bonds is 10. The monoisotopic (exact) mass is 574 g/mol. The number of aromatic nitrogens is 4. The Hall–Kier alpha value is -3.77. The minimum absolute atomic E-state index is 0.0101. The molecule has 0 unspecified atom stereocenters. The van der Waals surface area contributed by atoms with Gasteiger partial charge in [-0.15, -0.1) is 5.10 Å². The maximum Gasteiger partial charge on any atom is 0.315 e. The van der Waals surface area contributed by atoms with Crippen molar-refractivity contribution in [2.24, 2.45) is 5.92 Å². The van der Waals surface area contributed by atoms with Gasteiger partial charge >= 0.3 is 6.03 Å². The van der Waals surface area contributed by atoms with Crippen molar-refractivity contribution in [3.63, 3.8) is 0 Å². The number of carbonyl (C=O) groups excluding carboxylic acids is 1. The molecule has 1 aliphatic heterocycles. The van der Waals surface area contributed by atoms with Crippen LogP contribution in [-0.2, 0) is 22.6 Å². The van der Waals surface area contributed by atoms with Crippen molar-refractivity contribution in [2.75, 3.05) is 12.3 Å². The molecule has 10 nitrogen and oxygen atoms in total. The Morgan fingerprint density at radius 2 is 1.66 bits per heavy atom. The second-order valence-electron chi connectivity index (χ2n) is 9.80. The van der Waals surface area contributed by atoms with E-state index in [1.54, 1.807) is 16.4 Å². The van der Waals surface area contributed by atoms with Gasteiger partial charge in [-0.3, -0.25) is 0 Å². The zero-order chi connectivity index (χ0) is 28.6. The average molecular weight is 575 g/mol. The molecule has 1 saturated heterocycles. The fourth-order valence-corrected chi connectivity index (χ4v) is 5.72. The quantitative estimate of drug-likeness (QED) is 0.236. The van der Waals surface area contributed by atoms with E-state index in [0.717, 1.165) is 27.9 Å². The van der Waals surface area contributed by atoms with E-state index in [2.05, 4.69) is 33.1 Å². The van der Waals surface area contributed by atoms with Crippen molar-refractivity contribution in [3.05, 3.63) is 101 Å². The Bertz CT molecular complexity index is 1400. The maximum absolute atomic E-state index is 11.8. The first-order chi connectivity index (χ1) is 20.1. The Morgan fingerprint density at radius 3 is 2.37 bits per heavy atom. The molecule has 1 aliphatic rings. The van der Waals surface area contributed by atoms with E-state index in [1.165, 1.54) is 0 Å². The molecule has 0 aliphatic carbocycles. The molecule has 0 radical (unpaired) electrons. The third-order valence-corrected chi connectivity index (χ3v) is 7.99. The van der Waals surface area contributed by atoms with Crippen LogP contribution in [0.15, 0.2) is 84.0 Å². The zero-order valence-corrected chi connectivity index (χ0v) is 23.8. The Labute approximate surface area is 243 Å². The van der Waals surface area contributed by atoms with Crippen LogP contribution in [0.25, 0.3) is 5.69 Å². The van der Waals surface area contributed by atoms with Crippen molar-refractivity contribution >= 4 is 17.8 Å². The predicted octanol–water partition coefficient (Wildman–Crippen LogP) is 4.56. The number of amides is 2. The lowest BCUT2D eigenvalue weighted by Gasteiger charge is -2.41. The molecule has 41 heavy (non-hydrogen) atoms. The molecular weight excluding hydrogens is 540 g/mol. The summed E-state index contributed by atoms with van der Waals surface area (Å²) in [6, 6.07) is 25.3. The van der Waals surface area contributed by atoms with Gasteiger partial charge in [-0.1, -0.05) is 85.4 Å². The first kappa shape index (κ1) is 28.7. The van der Waals surface area contributed by atoms with Crippen LogP contribution in [-0.4, -0.2) is 49.7 Å². The van der Waals surface area contributed by atoms with Gasteiger partial charge in [-0.25, -0.2) is 4.79 Å². The molecule has 4 aromatic rings. The van der Waals surface area contributed by atoms with Crippen molar-refractivity contribution < 1.29 is 19.4 Å². The molecule has 11 heteroatoms. The van der Waals surface area contributed by atoms with Crippen LogP contribution in [0.5, 0.6) is 0 Å². The smallest absolute Gasteiger partial charge is 0.315 e. The molecule has 0 saturated carbocycles. The highest BCUT2D eigenvalue weighted by molar-refractivity contribution is 7.99. The molecule has 4 atom stereocenters. The Morgan fingerprint density at radius 1 is 0.951 bits per heavy atom. The van der Waals surface area contributed by atoms with E-state index in [1.807, 2.05) is 85.8 Å². The first-order valence-corrected chi connectivity index (χ1v) is 14.6. The Kier molecular flexibility index (Phi) is 9.63. The number of urea groups is 1. The van der Waals surface area contributed by atoms with Crippen LogP contribution in [0, 0.1) is 5.92 Å². The number of benzene rings is 3. The van der Waals surface area contributed by atoms with E-state index in [0.29, 0.717) is 24.0 Å². The fraction of sp³-hybridized carbons (Fsp3) is 0.333. The number of nitrogens with one attached hydrogen (secondary N) is 2. The molecule has 2 heterocycles. The molecule has 1 fully saturated rings. The largest absolute Gasteiger partial charge is 0.392 e. The molecule has 0 spiro atoms. The van der Waals surface area contributed by atoms with Gasteiger partial charge in [0.05, 0.1) is 24.5 Å². The third kappa shape index (κ3) is 7.12. The zero-order valence-electron chi connectivity index (χ0n) is 23.0. The van der Waals surface area contributed by atoms with Gasteiger partial charge in [0.15, 0.2) is 6.29 Å². The summed E-state index contributed by atoms with van der Waals surface area (Å²) in [7, 11) is 0. The SMILES string of the molecule is CCNC(=O)NCc1ccc([C@H]2O[C@@H](CSc3nnnn3-c3ccccc3)[C@@H](C)[C@@H](c3ccc(CO)cc3)O2)cc1. The number of hydrogen-bond acceptors (Lipinski definition) is 8. The summed E-state index contributed by atoms with van der Waals surface area (Å²) < 4.78 is 14.8. The molecule has 3 aromatic carbocycles. The number of aliphatic hydroxyl groups excluding tert-OH is 1. The summed E-state index contributed by atoms with van der Waals surface area (Å²) in [6.45, 7) is 4.99. The first-order valence-electron chi connectivity index (χ1n) is 13.6. The number of tetrazole rings is 1. The van der Waals surface area contributed by atoms with Crippen LogP contribution < -0.4 is 10.6 Å². The standard InChI is InChI=1S/C30H34N6O4S/c1-3-31-29(38)32-17-21-9-15-24(16-10-21)28-39-26(20(2)27(40-28)23-13-11-22(18-37)12-14-23)19-41-30-33-34-35-36(30)25-7-5-4-6-8-25/h4-16,20,26-28,37H,3,17-19H2,1-2H3,(H2,31,32,38)/t20-,26+,27+,28+/m1/s1.